The van der Waals surface area contributed by atoms with Gasteiger partial charge in [-0.2, -0.15) is 0 Å². The molecule has 1 aliphatic rings. The molecule has 12 heavy (non-hydrogen) atoms. The Bertz CT molecular complexity index is 104. The Labute approximate surface area is 78.3 Å². The predicted molar refractivity (Wildman–Crippen MR) is 58.5 cm³/mol. The first kappa shape index (κ1) is 14.2. The molecular weight excluding hydrogens is 146 g/mol. The molecule has 0 aliphatic carbocycles. The Morgan fingerprint density at radius 3 is 1.75 bits per heavy atom. The van der Waals surface area contributed by atoms with Crippen molar-refractivity contribution in [2.75, 3.05) is 13.1 Å². The van der Waals surface area contributed by atoms with Crippen LogP contribution in [0, 0.1) is 5.41 Å². The molecule has 1 heteroatoms. The van der Waals surface area contributed by atoms with E-state index in [0.717, 1.165) is 13.1 Å². The van der Waals surface area contributed by atoms with Gasteiger partial charge in [-0.3, -0.25) is 0 Å². The minimum atomic E-state index is 0.387. The Balaban J connectivity index is 0. The molecule has 1 heterocycles. The first-order chi connectivity index (χ1) is 5.71. The molecular formula is C11H25N. The molecule has 0 spiro atoms. The molecule has 0 aromatic rings. The largest absolute Gasteiger partial charge is 0.312 e. The first-order valence-corrected chi connectivity index (χ1v) is 5.09. The van der Waals surface area contributed by atoms with Crippen LogP contribution in [0.1, 0.15) is 41.5 Å². The Kier molecular flexibility index (Phi) is 10.4. The fourth-order valence-corrected chi connectivity index (χ4v) is 0.915. The van der Waals surface area contributed by atoms with E-state index in [1.165, 1.54) is 0 Å². The summed E-state index contributed by atoms with van der Waals surface area (Å²) in [5.74, 6) is 0. The minimum Gasteiger partial charge on any atom is -0.312 e. The molecule has 0 aromatic heterocycles. The lowest BCUT2D eigenvalue weighted by molar-refractivity contribution is 0.427. The van der Waals surface area contributed by atoms with Crippen molar-refractivity contribution in [3.63, 3.8) is 0 Å². The van der Waals surface area contributed by atoms with Crippen LogP contribution in [-0.4, -0.2) is 13.1 Å². The number of nitrogens with one attached hydrogen (secondary N) is 1. The average molecular weight is 171 g/mol. The molecule has 1 aliphatic heterocycles. The van der Waals surface area contributed by atoms with Gasteiger partial charge in [-0.05, 0) is 5.41 Å². The highest BCUT2D eigenvalue weighted by atomic mass is 14.9. The van der Waals surface area contributed by atoms with Gasteiger partial charge in [0.2, 0.25) is 0 Å². The van der Waals surface area contributed by atoms with Crippen LogP contribution in [0.25, 0.3) is 0 Å². The standard InChI is InChI=1S/C7H13N.2C2H6/c1-7(2)4-3-5-8-6-7;2*1-2/h3-4,8H,5-6H2,1-2H3;2*1-2H3. The van der Waals surface area contributed by atoms with Gasteiger partial charge >= 0.3 is 0 Å². The summed E-state index contributed by atoms with van der Waals surface area (Å²) in [6.45, 7) is 14.6. The summed E-state index contributed by atoms with van der Waals surface area (Å²) < 4.78 is 0. The van der Waals surface area contributed by atoms with Crippen molar-refractivity contribution >= 4 is 0 Å². The number of hydrogen-bond acceptors (Lipinski definition) is 1. The van der Waals surface area contributed by atoms with Crippen molar-refractivity contribution in [1.82, 2.24) is 5.32 Å². The van der Waals surface area contributed by atoms with Gasteiger partial charge in [0, 0.05) is 13.1 Å². The van der Waals surface area contributed by atoms with Crippen molar-refractivity contribution in [1.29, 1.82) is 0 Å². The third kappa shape index (κ3) is 7.80. The third-order valence-electron chi connectivity index (χ3n) is 1.41. The molecule has 0 amide bonds. The van der Waals surface area contributed by atoms with E-state index in [1.807, 2.05) is 27.7 Å². The van der Waals surface area contributed by atoms with Gasteiger partial charge in [0.25, 0.3) is 0 Å². The zero-order valence-corrected chi connectivity index (χ0v) is 9.57. The maximum absolute atomic E-state index is 3.29. The summed E-state index contributed by atoms with van der Waals surface area (Å²) in [7, 11) is 0. The van der Waals surface area contributed by atoms with E-state index in [9.17, 15) is 0 Å². The average Bonchev–Trinajstić information content (AvgIpc) is 2.11. The lowest BCUT2D eigenvalue weighted by Crippen LogP contribution is -2.31. The van der Waals surface area contributed by atoms with Crippen LogP contribution >= 0.6 is 0 Å². The molecule has 0 unspecified atom stereocenters. The van der Waals surface area contributed by atoms with E-state index in [4.69, 9.17) is 0 Å². The van der Waals surface area contributed by atoms with E-state index in [1.54, 1.807) is 0 Å². The van der Waals surface area contributed by atoms with Crippen molar-refractivity contribution in [3.8, 4) is 0 Å². The van der Waals surface area contributed by atoms with Gasteiger partial charge in [-0.25, -0.2) is 0 Å². The summed E-state index contributed by atoms with van der Waals surface area (Å²) in [5, 5.41) is 3.29. The van der Waals surface area contributed by atoms with Gasteiger partial charge in [-0.15, -0.1) is 0 Å². The highest BCUT2D eigenvalue weighted by Gasteiger charge is 2.14. The minimum absolute atomic E-state index is 0.387. The third-order valence-corrected chi connectivity index (χ3v) is 1.41. The zero-order chi connectivity index (χ0) is 10.0. The molecule has 1 nitrogen and oxygen atoms in total. The highest BCUT2D eigenvalue weighted by Crippen LogP contribution is 2.16. The zero-order valence-electron chi connectivity index (χ0n) is 9.57. The maximum Gasteiger partial charge on any atom is 0.0135 e. The Hall–Kier alpha value is -0.300. The van der Waals surface area contributed by atoms with Crippen LogP contribution in [0.2, 0.25) is 0 Å². The fraction of sp³-hybridized carbons (Fsp3) is 0.818. The van der Waals surface area contributed by atoms with E-state index in [2.05, 4.69) is 31.3 Å². The van der Waals surface area contributed by atoms with Crippen LogP contribution in [0.5, 0.6) is 0 Å². The van der Waals surface area contributed by atoms with E-state index in [0.29, 0.717) is 5.41 Å². The lowest BCUT2D eigenvalue weighted by atomic mass is 9.91. The molecule has 1 N–H and O–H groups in total. The SMILES string of the molecule is CC.CC.CC1(C)C=CCNC1. The normalized spacial score (nSPS) is 18.2. The smallest absolute Gasteiger partial charge is 0.0135 e. The second-order valence-electron chi connectivity index (χ2n) is 3.02. The van der Waals surface area contributed by atoms with Crippen molar-refractivity contribution in [2.24, 2.45) is 5.41 Å². The van der Waals surface area contributed by atoms with E-state index >= 15 is 0 Å². The van der Waals surface area contributed by atoms with Crippen molar-refractivity contribution in [3.05, 3.63) is 12.2 Å². The maximum atomic E-state index is 3.29. The second-order valence-corrected chi connectivity index (χ2v) is 3.02. The Morgan fingerprint density at radius 1 is 1.08 bits per heavy atom. The molecule has 0 saturated heterocycles. The molecule has 0 atom stereocenters. The molecule has 1 rings (SSSR count). The summed E-state index contributed by atoms with van der Waals surface area (Å²) in [6.07, 6.45) is 4.45. The van der Waals surface area contributed by atoms with Gasteiger partial charge in [0.05, 0.1) is 0 Å². The first-order valence-electron chi connectivity index (χ1n) is 5.09. The summed E-state index contributed by atoms with van der Waals surface area (Å²) >= 11 is 0. The predicted octanol–water partition coefficient (Wildman–Crippen LogP) is 3.22. The Morgan fingerprint density at radius 2 is 1.58 bits per heavy atom. The van der Waals surface area contributed by atoms with Gasteiger partial charge in [0.1, 0.15) is 0 Å². The number of hydrogen-bond donors (Lipinski definition) is 1. The molecule has 0 radical (unpaired) electrons. The monoisotopic (exact) mass is 171 g/mol. The quantitative estimate of drug-likeness (QED) is 0.552. The summed E-state index contributed by atoms with van der Waals surface area (Å²) in [6, 6.07) is 0. The van der Waals surface area contributed by atoms with E-state index < -0.39 is 0 Å². The molecule has 0 saturated carbocycles. The van der Waals surface area contributed by atoms with Crippen LogP contribution in [-0.2, 0) is 0 Å². The molecule has 0 bridgehead atoms. The topological polar surface area (TPSA) is 12.0 Å². The van der Waals surface area contributed by atoms with Crippen molar-refractivity contribution < 1.29 is 0 Å². The summed E-state index contributed by atoms with van der Waals surface area (Å²) in [5.41, 5.74) is 0.387. The van der Waals surface area contributed by atoms with Gasteiger partial charge in [0.15, 0.2) is 0 Å². The molecule has 0 aromatic carbocycles. The van der Waals surface area contributed by atoms with Crippen LogP contribution in [0.4, 0.5) is 0 Å². The van der Waals surface area contributed by atoms with Gasteiger partial charge in [-0.1, -0.05) is 53.7 Å². The number of rotatable bonds is 0. The van der Waals surface area contributed by atoms with Crippen molar-refractivity contribution in [2.45, 2.75) is 41.5 Å². The lowest BCUT2D eigenvalue weighted by Gasteiger charge is -2.23. The highest BCUT2D eigenvalue weighted by molar-refractivity contribution is 5.01. The molecule has 74 valence electrons. The second kappa shape index (κ2) is 8.79. The fourth-order valence-electron chi connectivity index (χ4n) is 0.915. The molecule has 0 fully saturated rings. The van der Waals surface area contributed by atoms with E-state index in [-0.39, 0.29) is 0 Å². The summed E-state index contributed by atoms with van der Waals surface area (Å²) in [4.78, 5) is 0. The van der Waals surface area contributed by atoms with Crippen LogP contribution < -0.4 is 5.32 Å². The van der Waals surface area contributed by atoms with Gasteiger partial charge < -0.3 is 5.32 Å². The van der Waals surface area contributed by atoms with Crippen LogP contribution in [0.15, 0.2) is 12.2 Å². The van der Waals surface area contributed by atoms with Crippen LogP contribution in [0.3, 0.4) is 0 Å².